The van der Waals surface area contributed by atoms with Crippen molar-refractivity contribution >= 4 is 11.8 Å². The van der Waals surface area contributed by atoms with Gasteiger partial charge >= 0.3 is 0 Å². The van der Waals surface area contributed by atoms with Crippen LogP contribution in [0, 0.1) is 5.92 Å². The number of hydrogen-bond acceptors (Lipinski definition) is 2. The van der Waals surface area contributed by atoms with Crippen LogP contribution in [0.15, 0.2) is 11.6 Å². The highest BCUT2D eigenvalue weighted by Crippen LogP contribution is 2.21. The van der Waals surface area contributed by atoms with Gasteiger partial charge in [0.05, 0.1) is 5.92 Å². The molecule has 2 rings (SSSR count). The summed E-state index contributed by atoms with van der Waals surface area (Å²) in [5, 5.41) is 2.99. The lowest BCUT2D eigenvalue weighted by atomic mass is 9.99. The Bertz CT molecular complexity index is 388. The number of carbonyl (C=O) groups is 2. The van der Waals surface area contributed by atoms with E-state index in [-0.39, 0.29) is 23.8 Å². The second kappa shape index (κ2) is 6.22. The van der Waals surface area contributed by atoms with Crippen LogP contribution in [0.1, 0.15) is 46.0 Å². The second-order valence-electron chi connectivity index (χ2n) is 5.87. The zero-order chi connectivity index (χ0) is 13.8. The fourth-order valence-electron chi connectivity index (χ4n) is 2.82. The molecule has 1 heterocycles. The van der Waals surface area contributed by atoms with Gasteiger partial charge < -0.3 is 10.2 Å². The number of nitrogens with zero attached hydrogens (tertiary/aromatic N) is 1. The van der Waals surface area contributed by atoms with Crippen molar-refractivity contribution in [1.82, 2.24) is 10.2 Å². The van der Waals surface area contributed by atoms with Crippen molar-refractivity contribution in [2.24, 2.45) is 5.92 Å². The Kier molecular flexibility index (Phi) is 4.61. The smallest absolute Gasteiger partial charge is 0.225 e. The summed E-state index contributed by atoms with van der Waals surface area (Å²) in [4.78, 5) is 25.7. The van der Waals surface area contributed by atoms with Crippen molar-refractivity contribution in [2.75, 3.05) is 13.1 Å². The molecule has 1 atom stereocenters. The molecule has 1 aliphatic carbocycles. The van der Waals surface area contributed by atoms with Gasteiger partial charge in [-0.25, -0.2) is 0 Å². The maximum Gasteiger partial charge on any atom is 0.225 e. The molecule has 4 nitrogen and oxygen atoms in total. The van der Waals surface area contributed by atoms with E-state index in [1.165, 1.54) is 18.4 Å². The molecule has 2 aliphatic rings. The number of hydrogen-bond donors (Lipinski definition) is 1. The molecule has 0 aromatic heterocycles. The van der Waals surface area contributed by atoms with Crippen molar-refractivity contribution in [3.63, 3.8) is 0 Å². The minimum atomic E-state index is -0.168. The average Bonchev–Trinajstić information content (AvgIpc) is 2.79. The predicted octanol–water partition coefficient (Wildman–Crippen LogP) is 1.86. The van der Waals surface area contributed by atoms with Crippen LogP contribution in [0.25, 0.3) is 0 Å². The highest BCUT2D eigenvalue weighted by molar-refractivity contribution is 5.89. The largest absolute Gasteiger partial charge is 0.352 e. The van der Waals surface area contributed by atoms with E-state index in [0.717, 1.165) is 12.8 Å². The molecule has 4 heteroatoms. The van der Waals surface area contributed by atoms with E-state index in [2.05, 4.69) is 11.4 Å². The maximum absolute atomic E-state index is 12.1. The summed E-state index contributed by atoms with van der Waals surface area (Å²) in [6.07, 6.45) is 7.33. The van der Waals surface area contributed by atoms with Crippen molar-refractivity contribution in [2.45, 2.75) is 52.0 Å². The maximum atomic E-state index is 12.1. The Labute approximate surface area is 115 Å². The fraction of sp³-hybridized carbons (Fsp3) is 0.733. The lowest BCUT2D eigenvalue weighted by Crippen LogP contribution is -2.36. The SMILES string of the molecule is CC(C)N1CC(C(=O)NCC2=CCCCC2)CC1=O. The van der Waals surface area contributed by atoms with E-state index in [4.69, 9.17) is 0 Å². The Morgan fingerprint density at radius 3 is 2.84 bits per heavy atom. The molecule has 0 bridgehead atoms. The monoisotopic (exact) mass is 264 g/mol. The molecule has 2 amide bonds. The summed E-state index contributed by atoms with van der Waals surface area (Å²) < 4.78 is 0. The van der Waals surface area contributed by atoms with E-state index in [1.54, 1.807) is 4.90 Å². The lowest BCUT2D eigenvalue weighted by Gasteiger charge is -2.21. The zero-order valence-corrected chi connectivity index (χ0v) is 11.9. The van der Waals surface area contributed by atoms with Gasteiger partial charge in [0.15, 0.2) is 0 Å². The van der Waals surface area contributed by atoms with Gasteiger partial charge in [-0.3, -0.25) is 9.59 Å². The molecule has 1 aliphatic heterocycles. The quantitative estimate of drug-likeness (QED) is 0.788. The van der Waals surface area contributed by atoms with Crippen molar-refractivity contribution in [3.05, 3.63) is 11.6 Å². The summed E-state index contributed by atoms with van der Waals surface area (Å²) in [6.45, 7) is 5.21. The first-order valence-electron chi connectivity index (χ1n) is 7.33. The Morgan fingerprint density at radius 2 is 2.26 bits per heavy atom. The van der Waals surface area contributed by atoms with Crippen LogP contribution >= 0.6 is 0 Å². The van der Waals surface area contributed by atoms with Gasteiger partial charge in [0.1, 0.15) is 0 Å². The molecule has 1 N–H and O–H groups in total. The summed E-state index contributed by atoms with van der Waals surface area (Å²) in [6, 6.07) is 0.186. The first-order valence-corrected chi connectivity index (χ1v) is 7.33. The Hall–Kier alpha value is -1.32. The fourth-order valence-corrected chi connectivity index (χ4v) is 2.82. The summed E-state index contributed by atoms with van der Waals surface area (Å²) in [5.41, 5.74) is 1.34. The molecule has 0 aromatic rings. The van der Waals surface area contributed by atoms with Gasteiger partial charge in [0.2, 0.25) is 11.8 Å². The molecule has 1 unspecified atom stereocenters. The topological polar surface area (TPSA) is 49.4 Å². The molecule has 0 spiro atoms. The van der Waals surface area contributed by atoms with Crippen molar-refractivity contribution in [1.29, 1.82) is 0 Å². The first kappa shape index (κ1) is 14.1. The van der Waals surface area contributed by atoms with Crippen LogP contribution in [0.3, 0.4) is 0 Å². The molecular formula is C15H24N2O2. The Balaban J connectivity index is 1.81. The molecule has 0 saturated carbocycles. The highest BCUT2D eigenvalue weighted by Gasteiger charge is 2.35. The van der Waals surface area contributed by atoms with Gasteiger partial charge in [-0.1, -0.05) is 11.6 Å². The van der Waals surface area contributed by atoms with E-state index in [0.29, 0.717) is 19.5 Å². The van der Waals surface area contributed by atoms with Crippen LogP contribution in [0.5, 0.6) is 0 Å². The van der Waals surface area contributed by atoms with Gasteiger partial charge in [-0.15, -0.1) is 0 Å². The van der Waals surface area contributed by atoms with Crippen molar-refractivity contribution in [3.8, 4) is 0 Å². The van der Waals surface area contributed by atoms with Crippen LogP contribution in [-0.4, -0.2) is 35.8 Å². The van der Waals surface area contributed by atoms with Gasteiger partial charge in [-0.2, -0.15) is 0 Å². The first-order chi connectivity index (χ1) is 9.08. The number of carbonyl (C=O) groups excluding carboxylic acids is 2. The summed E-state index contributed by atoms with van der Waals surface area (Å²) in [5.74, 6) is -0.0332. The lowest BCUT2D eigenvalue weighted by molar-refractivity contribution is -0.129. The normalized spacial score (nSPS) is 23.7. The van der Waals surface area contributed by atoms with Gasteiger partial charge in [-0.05, 0) is 39.5 Å². The number of nitrogens with one attached hydrogen (secondary N) is 1. The number of likely N-dealkylation sites (tertiary alicyclic amines) is 1. The number of rotatable bonds is 4. The third kappa shape index (κ3) is 3.58. The molecule has 0 radical (unpaired) electrons. The van der Waals surface area contributed by atoms with E-state index in [1.807, 2.05) is 13.8 Å². The number of allylic oxidation sites excluding steroid dienone is 1. The molecule has 1 saturated heterocycles. The third-order valence-corrected chi connectivity index (χ3v) is 4.03. The Morgan fingerprint density at radius 1 is 1.47 bits per heavy atom. The summed E-state index contributed by atoms with van der Waals surface area (Å²) in [7, 11) is 0. The van der Waals surface area contributed by atoms with Crippen LogP contribution in [-0.2, 0) is 9.59 Å². The van der Waals surface area contributed by atoms with Crippen molar-refractivity contribution < 1.29 is 9.59 Å². The third-order valence-electron chi connectivity index (χ3n) is 4.03. The van der Waals surface area contributed by atoms with Gasteiger partial charge in [0.25, 0.3) is 0 Å². The van der Waals surface area contributed by atoms with Gasteiger partial charge in [0, 0.05) is 25.6 Å². The van der Waals surface area contributed by atoms with Crippen LogP contribution < -0.4 is 5.32 Å². The number of amides is 2. The zero-order valence-electron chi connectivity index (χ0n) is 11.9. The van der Waals surface area contributed by atoms with Crippen LogP contribution in [0.2, 0.25) is 0 Å². The predicted molar refractivity (Wildman–Crippen MR) is 74.5 cm³/mol. The minimum absolute atomic E-state index is 0.0305. The van der Waals surface area contributed by atoms with E-state index < -0.39 is 0 Å². The molecule has 0 aromatic carbocycles. The molecule has 106 valence electrons. The molecule has 1 fully saturated rings. The summed E-state index contributed by atoms with van der Waals surface area (Å²) >= 11 is 0. The standard InChI is InChI=1S/C15H24N2O2/c1-11(2)17-10-13(8-14(17)18)15(19)16-9-12-6-4-3-5-7-12/h6,11,13H,3-5,7-10H2,1-2H3,(H,16,19). The average molecular weight is 264 g/mol. The van der Waals surface area contributed by atoms with Crippen LogP contribution in [0.4, 0.5) is 0 Å². The van der Waals surface area contributed by atoms with E-state index in [9.17, 15) is 9.59 Å². The minimum Gasteiger partial charge on any atom is -0.352 e. The molecule has 19 heavy (non-hydrogen) atoms. The highest BCUT2D eigenvalue weighted by atomic mass is 16.2. The second-order valence-corrected chi connectivity index (χ2v) is 5.87. The molecular weight excluding hydrogens is 240 g/mol. The van der Waals surface area contributed by atoms with E-state index >= 15 is 0 Å².